The Bertz CT molecular complexity index is 891. The molecule has 0 radical (unpaired) electrons. The average Bonchev–Trinajstić information content (AvgIpc) is 3.13. The number of rotatable bonds is 7. The SMILES string of the molecule is C=CCNC(=O)Nc1ccc(NC(=O)c2ccc(CN3CCCC3=O)cc2)cc1. The molecule has 150 valence electrons. The Kier molecular flexibility index (Phi) is 6.63. The summed E-state index contributed by atoms with van der Waals surface area (Å²) in [4.78, 5) is 37.6. The Morgan fingerprint density at radius 3 is 2.24 bits per heavy atom. The molecule has 1 aliphatic heterocycles. The van der Waals surface area contributed by atoms with Crippen LogP contribution in [0, 0.1) is 0 Å². The van der Waals surface area contributed by atoms with Crippen LogP contribution in [0.4, 0.5) is 16.2 Å². The van der Waals surface area contributed by atoms with Crippen molar-refractivity contribution in [3.8, 4) is 0 Å². The lowest BCUT2D eigenvalue weighted by Crippen LogP contribution is -2.28. The molecule has 0 aromatic heterocycles. The van der Waals surface area contributed by atoms with E-state index in [2.05, 4.69) is 22.5 Å². The second-order valence-corrected chi connectivity index (χ2v) is 6.77. The fraction of sp³-hybridized carbons (Fsp3) is 0.227. The summed E-state index contributed by atoms with van der Waals surface area (Å²) in [7, 11) is 0. The minimum Gasteiger partial charge on any atom is -0.338 e. The number of hydrogen-bond donors (Lipinski definition) is 3. The van der Waals surface area contributed by atoms with Gasteiger partial charge in [-0.1, -0.05) is 18.2 Å². The lowest BCUT2D eigenvalue weighted by Gasteiger charge is -2.15. The van der Waals surface area contributed by atoms with Crippen molar-refractivity contribution >= 4 is 29.2 Å². The third-order valence-corrected chi connectivity index (χ3v) is 4.57. The first-order valence-electron chi connectivity index (χ1n) is 9.49. The molecular formula is C22H24N4O3. The highest BCUT2D eigenvalue weighted by Gasteiger charge is 2.20. The Morgan fingerprint density at radius 2 is 1.66 bits per heavy atom. The van der Waals surface area contributed by atoms with Crippen LogP contribution in [0.5, 0.6) is 0 Å². The van der Waals surface area contributed by atoms with E-state index in [9.17, 15) is 14.4 Å². The van der Waals surface area contributed by atoms with Gasteiger partial charge in [-0.05, 0) is 48.4 Å². The zero-order valence-corrected chi connectivity index (χ0v) is 16.1. The molecular weight excluding hydrogens is 368 g/mol. The second-order valence-electron chi connectivity index (χ2n) is 6.77. The molecule has 0 atom stereocenters. The van der Waals surface area contributed by atoms with E-state index in [4.69, 9.17) is 0 Å². The van der Waals surface area contributed by atoms with Crippen LogP contribution in [-0.2, 0) is 11.3 Å². The number of carbonyl (C=O) groups is 3. The molecule has 4 amide bonds. The largest absolute Gasteiger partial charge is 0.338 e. The Hall–Kier alpha value is -3.61. The molecule has 7 nitrogen and oxygen atoms in total. The number of nitrogens with one attached hydrogen (secondary N) is 3. The average molecular weight is 392 g/mol. The van der Waals surface area contributed by atoms with Crippen LogP contribution in [-0.4, -0.2) is 35.8 Å². The van der Waals surface area contributed by atoms with Gasteiger partial charge in [0, 0.05) is 43.0 Å². The van der Waals surface area contributed by atoms with Crippen molar-refractivity contribution in [3.63, 3.8) is 0 Å². The highest BCUT2D eigenvalue weighted by Crippen LogP contribution is 2.17. The van der Waals surface area contributed by atoms with Crippen molar-refractivity contribution in [2.45, 2.75) is 19.4 Å². The third kappa shape index (κ3) is 5.68. The molecule has 0 spiro atoms. The molecule has 2 aromatic carbocycles. The summed E-state index contributed by atoms with van der Waals surface area (Å²) < 4.78 is 0. The van der Waals surface area contributed by atoms with Crippen LogP contribution in [0.25, 0.3) is 0 Å². The van der Waals surface area contributed by atoms with E-state index in [1.165, 1.54) is 0 Å². The van der Waals surface area contributed by atoms with Gasteiger partial charge in [-0.15, -0.1) is 6.58 Å². The molecule has 2 aromatic rings. The molecule has 3 rings (SSSR count). The highest BCUT2D eigenvalue weighted by molar-refractivity contribution is 6.04. The van der Waals surface area contributed by atoms with Gasteiger partial charge in [0.25, 0.3) is 5.91 Å². The minimum atomic E-state index is -0.322. The first-order valence-corrected chi connectivity index (χ1v) is 9.49. The van der Waals surface area contributed by atoms with Gasteiger partial charge in [0.05, 0.1) is 0 Å². The van der Waals surface area contributed by atoms with Gasteiger partial charge in [0.2, 0.25) is 5.91 Å². The van der Waals surface area contributed by atoms with Crippen LogP contribution in [0.1, 0.15) is 28.8 Å². The lowest BCUT2D eigenvalue weighted by atomic mass is 10.1. The first kappa shape index (κ1) is 20.1. The minimum absolute atomic E-state index is 0.183. The maximum Gasteiger partial charge on any atom is 0.319 e. The van der Waals surface area contributed by atoms with Crippen LogP contribution < -0.4 is 16.0 Å². The number of likely N-dealkylation sites (tertiary alicyclic amines) is 1. The van der Waals surface area contributed by atoms with E-state index >= 15 is 0 Å². The fourth-order valence-electron chi connectivity index (χ4n) is 3.03. The van der Waals surface area contributed by atoms with Gasteiger partial charge < -0.3 is 20.9 Å². The number of nitrogens with zero attached hydrogens (tertiary/aromatic N) is 1. The summed E-state index contributed by atoms with van der Waals surface area (Å²) in [5.41, 5.74) is 2.78. The van der Waals surface area contributed by atoms with Gasteiger partial charge in [0.1, 0.15) is 0 Å². The second kappa shape index (κ2) is 9.54. The smallest absolute Gasteiger partial charge is 0.319 e. The van der Waals surface area contributed by atoms with Gasteiger partial charge in [-0.25, -0.2) is 4.79 Å². The number of urea groups is 1. The fourth-order valence-corrected chi connectivity index (χ4v) is 3.03. The molecule has 0 aliphatic carbocycles. The molecule has 1 saturated heterocycles. The predicted molar refractivity (Wildman–Crippen MR) is 113 cm³/mol. The normalized spacial score (nSPS) is 13.1. The van der Waals surface area contributed by atoms with Crippen LogP contribution in [0.15, 0.2) is 61.2 Å². The third-order valence-electron chi connectivity index (χ3n) is 4.57. The van der Waals surface area contributed by atoms with Gasteiger partial charge in [0.15, 0.2) is 0 Å². The molecule has 1 heterocycles. The molecule has 1 aliphatic rings. The molecule has 1 fully saturated rings. The molecule has 0 unspecified atom stereocenters. The number of anilines is 2. The van der Waals surface area contributed by atoms with Crippen molar-refractivity contribution in [3.05, 3.63) is 72.3 Å². The number of benzene rings is 2. The van der Waals surface area contributed by atoms with E-state index < -0.39 is 0 Å². The van der Waals surface area contributed by atoms with E-state index in [1.54, 1.807) is 42.5 Å². The molecule has 0 bridgehead atoms. The van der Waals surface area contributed by atoms with Crippen LogP contribution in [0.2, 0.25) is 0 Å². The molecule has 0 saturated carbocycles. The maximum atomic E-state index is 12.4. The Morgan fingerprint density at radius 1 is 1.00 bits per heavy atom. The predicted octanol–water partition coefficient (Wildman–Crippen LogP) is 3.37. The molecule has 29 heavy (non-hydrogen) atoms. The first-order chi connectivity index (χ1) is 14.0. The van der Waals surface area contributed by atoms with Crippen molar-refractivity contribution in [1.82, 2.24) is 10.2 Å². The number of carbonyl (C=O) groups excluding carboxylic acids is 3. The van der Waals surface area contributed by atoms with Gasteiger partial charge >= 0.3 is 6.03 Å². The summed E-state index contributed by atoms with van der Waals surface area (Å²) >= 11 is 0. The van der Waals surface area contributed by atoms with Crippen LogP contribution >= 0.6 is 0 Å². The monoisotopic (exact) mass is 392 g/mol. The Balaban J connectivity index is 1.53. The molecule has 7 heteroatoms. The summed E-state index contributed by atoms with van der Waals surface area (Å²) in [5, 5.41) is 8.14. The highest BCUT2D eigenvalue weighted by atomic mass is 16.2. The van der Waals surface area contributed by atoms with Gasteiger partial charge in [-0.3, -0.25) is 9.59 Å². The van der Waals surface area contributed by atoms with E-state index in [0.29, 0.717) is 36.4 Å². The van der Waals surface area contributed by atoms with E-state index in [-0.39, 0.29) is 17.8 Å². The van der Waals surface area contributed by atoms with Gasteiger partial charge in [-0.2, -0.15) is 0 Å². The summed E-state index contributed by atoms with van der Waals surface area (Å²) in [6.45, 7) is 5.29. The lowest BCUT2D eigenvalue weighted by molar-refractivity contribution is -0.128. The topological polar surface area (TPSA) is 90.5 Å². The molecule has 3 N–H and O–H groups in total. The number of hydrogen-bond acceptors (Lipinski definition) is 3. The van der Waals surface area contributed by atoms with E-state index in [1.807, 2.05) is 17.0 Å². The summed E-state index contributed by atoms with van der Waals surface area (Å²) in [6.07, 6.45) is 3.12. The summed E-state index contributed by atoms with van der Waals surface area (Å²) in [5.74, 6) is -0.0406. The zero-order valence-electron chi connectivity index (χ0n) is 16.1. The van der Waals surface area contributed by atoms with Crippen molar-refractivity contribution in [2.24, 2.45) is 0 Å². The Labute approximate surface area is 169 Å². The van der Waals surface area contributed by atoms with Crippen molar-refractivity contribution in [1.29, 1.82) is 0 Å². The van der Waals surface area contributed by atoms with Crippen molar-refractivity contribution in [2.75, 3.05) is 23.7 Å². The van der Waals surface area contributed by atoms with Crippen molar-refractivity contribution < 1.29 is 14.4 Å². The zero-order chi connectivity index (χ0) is 20.6. The summed E-state index contributed by atoms with van der Waals surface area (Å²) in [6, 6.07) is 13.8. The van der Waals surface area contributed by atoms with Crippen LogP contribution in [0.3, 0.4) is 0 Å². The van der Waals surface area contributed by atoms with E-state index in [0.717, 1.165) is 18.5 Å². The quantitative estimate of drug-likeness (QED) is 0.631. The number of amides is 4. The standard InChI is InChI=1S/C22H24N4O3/c1-2-13-23-22(29)25-19-11-9-18(10-12-19)24-21(28)17-7-5-16(6-8-17)15-26-14-3-4-20(26)27/h2,5-12H,1,3-4,13-15H2,(H,24,28)(H2,23,25,29). The maximum absolute atomic E-state index is 12.4.